The van der Waals surface area contributed by atoms with E-state index in [-0.39, 0.29) is 11.8 Å². The first-order chi connectivity index (χ1) is 14.0. The molecule has 2 atom stereocenters. The van der Waals surface area contributed by atoms with Gasteiger partial charge in [0.05, 0.1) is 0 Å². The van der Waals surface area contributed by atoms with Crippen molar-refractivity contribution >= 4 is 0 Å². The van der Waals surface area contributed by atoms with Crippen molar-refractivity contribution in [2.45, 2.75) is 39.0 Å². The number of allylic oxidation sites excluding steroid dienone is 4. The first-order valence-corrected chi connectivity index (χ1v) is 9.91. The first-order valence-electron chi connectivity index (χ1n) is 9.91. The smallest absolute Gasteiger partial charge is 0.200 e. The van der Waals surface area contributed by atoms with E-state index in [1.54, 1.807) is 6.07 Å². The number of benzene rings is 2. The molecular formula is C24H28O6. The molecule has 0 aromatic heterocycles. The Labute approximate surface area is 175 Å². The molecule has 160 valence electrons. The average Bonchev–Trinajstić information content (AvgIpc) is 2.70. The Bertz CT molecular complexity index is 1030. The normalized spacial score (nSPS) is 21.3. The molecule has 6 N–H and O–H groups in total. The molecule has 0 heterocycles. The van der Waals surface area contributed by atoms with Gasteiger partial charge in [0.1, 0.15) is 0 Å². The predicted octanol–water partition coefficient (Wildman–Crippen LogP) is 4.75. The fraction of sp³-hybridized carbons (Fsp3) is 0.333. The first kappa shape index (κ1) is 21.4. The van der Waals surface area contributed by atoms with Gasteiger partial charge in [0.25, 0.3) is 0 Å². The fourth-order valence-electron chi connectivity index (χ4n) is 4.33. The molecule has 0 bridgehead atoms. The van der Waals surface area contributed by atoms with Crippen LogP contribution in [0.1, 0.15) is 44.7 Å². The molecule has 2 aromatic rings. The zero-order valence-electron chi connectivity index (χ0n) is 17.5. The summed E-state index contributed by atoms with van der Waals surface area (Å²) in [7, 11) is 0. The van der Waals surface area contributed by atoms with Gasteiger partial charge in [-0.25, -0.2) is 0 Å². The molecular weight excluding hydrogens is 384 g/mol. The number of hydrogen-bond donors (Lipinski definition) is 6. The van der Waals surface area contributed by atoms with Crippen LogP contribution in [0.4, 0.5) is 0 Å². The third-order valence-corrected chi connectivity index (χ3v) is 6.14. The van der Waals surface area contributed by atoms with Crippen LogP contribution in [0.15, 0.2) is 48.1 Å². The van der Waals surface area contributed by atoms with Gasteiger partial charge in [0, 0.05) is 22.5 Å². The summed E-state index contributed by atoms with van der Waals surface area (Å²) in [5.41, 5.74) is 0.827. The van der Waals surface area contributed by atoms with Gasteiger partial charge in [-0.3, -0.25) is 0 Å². The van der Waals surface area contributed by atoms with Crippen LogP contribution in [0.3, 0.4) is 0 Å². The maximum absolute atomic E-state index is 10.7. The molecule has 0 amide bonds. The van der Waals surface area contributed by atoms with Crippen molar-refractivity contribution < 1.29 is 30.6 Å². The summed E-state index contributed by atoms with van der Waals surface area (Å²) in [6.07, 6.45) is 5.87. The van der Waals surface area contributed by atoms with E-state index in [2.05, 4.69) is 0 Å². The van der Waals surface area contributed by atoms with Gasteiger partial charge in [-0.2, -0.15) is 0 Å². The number of aromatic hydroxyl groups is 6. The van der Waals surface area contributed by atoms with E-state index in [4.69, 9.17) is 0 Å². The predicted molar refractivity (Wildman–Crippen MR) is 114 cm³/mol. The monoisotopic (exact) mass is 412 g/mol. The summed E-state index contributed by atoms with van der Waals surface area (Å²) in [5, 5.41) is 61.3. The van der Waals surface area contributed by atoms with Crippen LogP contribution in [0.5, 0.6) is 34.5 Å². The van der Waals surface area contributed by atoms with E-state index in [9.17, 15) is 30.6 Å². The number of rotatable bonds is 4. The molecule has 30 heavy (non-hydrogen) atoms. The van der Waals surface area contributed by atoms with Crippen molar-refractivity contribution in [1.82, 2.24) is 0 Å². The lowest BCUT2D eigenvalue weighted by Crippen LogP contribution is -2.38. The third kappa shape index (κ3) is 3.12. The summed E-state index contributed by atoms with van der Waals surface area (Å²) in [6, 6.07) is 5.71. The lowest BCUT2D eigenvalue weighted by molar-refractivity contribution is 0.307. The minimum absolute atomic E-state index is 0.131. The molecule has 0 fully saturated rings. The summed E-state index contributed by atoms with van der Waals surface area (Å²) >= 11 is 0. The van der Waals surface area contributed by atoms with Crippen LogP contribution >= 0.6 is 0 Å². The van der Waals surface area contributed by atoms with Crippen LogP contribution in [0.2, 0.25) is 0 Å². The summed E-state index contributed by atoms with van der Waals surface area (Å²) in [6.45, 7) is 7.97. The number of phenols is 6. The van der Waals surface area contributed by atoms with E-state index in [1.165, 1.54) is 18.2 Å². The summed E-state index contributed by atoms with van der Waals surface area (Å²) in [4.78, 5) is 0. The standard InChI is InChI=1S/C24H28O6/c1-12(2)14-9-10-24(13(3)4,16-6-8-19(26)23(30)21(16)28)17(11-14)15-5-7-18(25)22(29)20(15)27/h5-13,17,25-30H,1-4H3. The van der Waals surface area contributed by atoms with Crippen molar-refractivity contribution in [1.29, 1.82) is 0 Å². The van der Waals surface area contributed by atoms with Crippen molar-refractivity contribution in [2.75, 3.05) is 0 Å². The second-order valence-corrected chi connectivity index (χ2v) is 8.42. The van der Waals surface area contributed by atoms with Crippen molar-refractivity contribution in [3.05, 3.63) is 59.2 Å². The van der Waals surface area contributed by atoms with Gasteiger partial charge in [-0.05, 0) is 29.5 Å². The van der Waals surface area contributed by atoms with E-state index in [0.29, 0.717) is 11.1 Å². The molecule has 2 aromatic carbocycles. The Hall–Kier alpha value is -3.28. The van der Waals surface area contributed by atoms with Crippen LogP contribution < -0.4 is 0 Å². The second-order valence-electron chi connectivity index (χ2n) is 8.42. The molecule has 0 saturated carbocycles. The molecule has 0 spiro atoms. The van der Waals surface area contributed by atoms with Gasteiger partial charge < -0.3 is 30.6 Å². The molecule has 1 aliphatic rings. The zero-order valence-corrected chi connectivity index (χ0v) is 17.5. The average molecular weight is 412 g/mol. The lowest BCUT2D eigenvalue weighted by atomic mass is 9.58. The summed E-state index contributed by atoms with van der Waals surface area (Å²) < 4.78 is 0. The minimum Gasteiger partial charge on any atom is -0.504 e. The molecule has 6 nitrogen and oxygen atoms in total. The SMILES string of the molecule is CC(C)C1=CC(c2ccc(O)c(O)c2O)C(c2ccc(O)c(O)c2O)(C(C)C)C=C1. The maximum atomic E-state index is 10.7. The van der Waals surface area contributed by atoms with Crippen LogP contribution in [-0.4, -0.2) is 30.6 Å². The highest BCUT2D eigenvalue weighted by atomic mass is 16.3. The molecule has 1 aliphatic carbocycles. The largest absolute Gasteiger partial charge is 0.504 e. The minimum atomic E-state index is -0.922. The van der Waals surface area contributed by atoms with Gasteiger partial charge in [0.2, 0.25) is 11.5 Å². The Morgan fingerprint density at radius 2 is 1.30 bits per heavy atom. The van der Waals surface area contributed by atoms with Crippen molar-refractivity contribution in [2.24, 2.45) is 11.8 Å². The lowest BCUT2D eigenvalue weighted by Gasteiger charge is -2.44. The van der Waals surface area contributed by atoms with E-state index in [0.717, 1.165) is 5.57 Å². The third-order valence-electron chi connectivity index (χ3n) is 6.14. The highest BCUT2D eigenvalue weighted by molar-refractivity contribution is 5.63. The Morgan fingerprint density at radius 1 is 0.733 bits per heavy atom. The zero-order chi connectivity index (χ0) is 22.4. The van der Waals surface area contributed by atoms with Crippen LogP contribution in [0.25, 0.3) is 0 Å². The Balaban J connectivity index is 2.38. The molecule has 0 saturated heterocycles. The van der Waals surface area contributed by atoms with Crippen LogP contribution in [-0.2, 0) is 5.41 Å². The van der Waals surface area contributed by atoms with Gasteiger partial charge in [-0.1, -0.05) is 58.1 Å². The quantitative estimate of drug-likeness (QED) is 0.403. The maximum Gasteiger partial charge on any atom is 0.200 e. The van der Waals surface area contributed by atoms with E-state index < -0.39 is 45.8 Å². The highest BCUT2D eigenvalue weighted by Crippen LogP contribution is 2.57. The Morgan fingerprint density at radius 3 is 1.87 bits per heavy atom. The van der Waals surface area contributed by atoms with Crippen molar-refractivity contribution in [3.8, 4) is 34.5 Å². The number of phenolic OH excluding ortho intramolecular Hbond substituents is 6. The highest BCUT2D eigenvalue weighted by Gasteiger charge is 2.46. The van der Waals surface area contributed by atoms with Crippen LogP contribution in [0, 0.1) is 11.8 Å². The molecule has 6 heteroatoms. The molecule has 3 rings (SSSR count). The molecule has 0 radical (unpaired) electrons. The fourth-order valence-corrected chi connectivity index (χ4v) is 4.33. The second kappa shape index (κ2) is 7.52. The molecule has 2 unspecified atom stereocenters. The van der Waals surface area contributed by atoms with E-state index in [1.807, 2.05) is 45.9 Å². The Kier molecular flexibility index (Phi) is 5.37. The topological polar surface area (TPSA) is 121 Å². The summed E-state index contributed by atoms with van der Waals surface area (Å²) in [5.74, 6) is -3.47. The van der Waals surface area contributed by atoms with E-state index >= 15 is 0 Å². The van der Waals surface area contributed by atoms with Crippen molar-refractivity contribution in [3.63, 3.8) is 0 Å². The number of hydrogen-bond acceptors (Lipinski definition) is 6. The van der Waals surface area contributed by atoms with Gasteiger partial charge >= 0.3 is 0 Å². The van der Waals surface area contributed by atoms with Gasteiger partial charge in [-0.15, -0.1) is 0 Å². The molecule has 0 aliphatic heterocycles. The van der Waals surface area contributed by atoms with Gasteiger partial charge in [0.15, 0.2) is 23.0 Å².